The summed E-state index contributed by atoms with van der Waals surface area (Å²) in [6.07, 6.45) is 4.56. The molecule has 0 amide bonds. The highest BCUT2D eigenvalue weighted by Crippen LogP contribution is 2.32. The molecule has 0 radical (unpaired) electrons. The predicted octanol–water partition coefficient (Wildman–Crippen LogP) is 5.74. The third-order valence-electron chi connectivity index (χ3n) is 6.36. The van der Waals surface area contributed by atoms with E-state index in [1.54, 1.807) is 19.1 Å². The fraction of sp³-hybridized carbons (Fsp3) is 0.385. The van der Waals surface area contributed by atoms with Crippen LogP contribution in [0, 0.1) is 11.8 Å². The summed E-state index contributed by atoms with van der Waals surface area (Å²) in [5.74, 6) is -1.96. The Morgan fingerprint density at radius 2 is 1.28 bits per heavy atom. The van der Waals surface area contributed by atoms with Gasteiger partial charge in [-0.3, -0.25) is 9.59 Å². The number of hydrogen-bond acceptors (Lipinski definition) is 4. The standard InChI is InChI=1S/C26H28O6/c1-3-23(27)19-10-8-18(14-22(19)26(31)32)17-9-11-20(25(29)30)21(13-17)24(28)12-16-6-4-15(2)5-7-16/h8-11,13-16H,3-7,12H2,1-2H3,(H,29,30)(H,31,32). The van der Waals surface area contributed by atoms with E-state index in [9.17, 15) is 29.4 Å². The van der Waals surface area contributed by atoms with Gasteiger partial charge in [0.15, 0.2) is 11.6 Å². The molecule has 3 rings (SSSR count). The number of carboxylic acid groups (broad SMARTS) is 2. The Morgan fingerprint density at radius 1 is 0.750 bits per heavy atom. The van der Waals surface area contributed by atoms with Gasteiger partial charge in [0.2, 0.25) is 0 Å². The lowest BCUT2D eigenvalue weighted by Crippen LogP contribution is -2.17. The molecule has 2 aromatic rings. The maximum Gasteiger partial charge on any atom is 0.336 e. The molecule has 0 spiro atoms. The smallest absolute Gasteiger partial charge is 0.336 e. The van der Waals surface area contributed by atoms with E-state index in [4.69, 9.17) is 0 Å². The Labute approximate surface area is 187 Å². The number of carboxylic acids is 2. The molecule has 0 bridgehead atoms. The van der Waals surface area contributed by atoms with E-state index in [0.29, 0.717) is 23.5 Å². The molecule has 1 fully saturated rings. The third-order valence-corrected chi connectivity index (χ3v) is 6.36. The maximum absolute atomic E-state index is 13.1. The highest BCUT2D eigenvalue weighted by Gasteiger charge is 2.24. The highest BCUT2D eigenvalue weighted by atomic mass is 16.4. The first-order chi connectivity index (χ1) is 15.2. The number of carbonyl (C=O) groups is 4. The van der Waals surface area contributed by atoms with Gasteiger partial charge in [-0.15, -0.1) is 0 Å². The van der Waals surface area contributed by atoms with Crippen LogP contribution < -0.4 is 0 Å². The van der Waals surface area contributed by atoms with Crippen LogP contribution in [0.15, 0.2) is 36.4 Å². The van der Waals surface area contributed by atoms with Gasteiger partial charge in [0.1, 0.15) is 0 Å². The normalized spacial score (nSPS) is 18.2. The van der Waals surface area contributed by atoms with Gasteiger partial charge >= 0.3 is 11.9 Å². The summed E-state index contributed by atoms with van der Waals surface area (Å²) < 4.78 is 0. The number of Topliss-reactive ketones (excluding diaryl/α,β-unsaturated/α-hetero) is 2. The van der Waals surface area contributed by atoms with Gasteiger partial charge in [-0.05, 0) is 60.1 Å². The fourth-order valence-corrected chi connectivity index (χ4v) is 4.38. The van der Waals surface area contributed by atoms with Crippen LogP contribution >= 0.6 is 0 Å². The van der Waals surface area contributed by atoms with Crippen LogP contribution in [-0.2, 0) is 0 Å². The van der Waals surface area contributed by atoms with Crippen molar-refractivity contribution in [3.05, 3.63) is 58.7 Å². The molecule has 0 saturated heterocycles. The summed E-state index contributed by atoms with van der Waals surface area (Å²) in [5, 5.41) is 19.1. The molecular formula is C26H28O6. The zero-order valence-corrected chi connectivity index (χ0v) is 18.4. The first kappa shape index (κ1) is 23.4. The van der Waals surface area contributed by atoms with Crippen molar-refractivity contribution in [2.45, 2.75) is 52.4 Å². The molecule has 1 saturated carbocycles. The third kappa shape index (κ3) is 5.13. The van der Waals surface area contributed by atoms with E-state index in [0.717, 1.165) is 25.7 Å². The maximum atomic E-state index is 13.1. The molecule has 32 heavy (non-hydrogen) atoms. The molecule has 6 nitrogen and oxygen atoms in total. The second-order valence-corrected chi connectivity index (χ2v) is 8.66. The van der Waals surface area contributed by atoms with Crippen LogP contribution in [0.3, 0.4) is 0 Å². The average molecular weight is 437 g/mol. The molecule has 1 aliphatic rings. The van der Waals surface area contributed by atoms with Crippen molar-refractivity contribution in [1.82, 2.24) is 0 Å². The average Bonchev–Trinajstić information content (AvgIpc) is 2.79. The second-order valence-electron chi connectivity index (χ2n) is 8.66. The van der Waals surface area contributed by atoms with E-state index in [-0.39, 0.29) is 46.2 Å². The summed E-state index contributed by atoms with van der Waals surface area (Å²) in [4.78, 5) is 48.6. The van der Waals surface area contributed by atoms with Gasteiger partial charge in [0, 0.05) is 24.0 Å². The summed E-state index contributed by atoms with van der Waals surface area (Å²) in [7, 11) is 0. The van der Waals surface area contributed by atoms with Crippen molar-refractivity contribution in [3.8, 4) is 11.1 Å². The number of rotatable bonds is 8. The van der Waals surface area contributed by atoms with Crippen LogP contribution in [0.2, 0.25) is 0 Å². The molecular weight excluding hydrogens is 408 g/mol. The summed E-state index contributed by atoms with van der Waals surface area (Å²) in [6.45, 7) is 3.87. The van der Waals surface area contributed by atoms with Gasteiger partial charge in [-0.1, -0.05) is 38.8 Å². The fourth-order valence-electron chi connectivity index (χ4n) is 4.38. The van der Waals surface area contributed by atoms with Crippen molar-refractivity contribution >= 4 is 23.5 Å². The highest BCUT2D eigenvalue weighted by molar-refractivity contribution is 6.08. The van der Waals surface area contributed by atoms with Crippen molar-refractivity contribution in [2.75, 3.05) is 0 Å². The molecule has 168 valence electrons. The minimum absolute atomic E-state index is 0.0563. The number of carbonyl (C=O) groups excluding carboxylic acids is 2. The topological polar surface area (TPSA) is 109 Å². The van der Waals surface area contributed by atoms with Crippen molar-refractivity contribution in [1.29, 1.82) is 0 Å². The number of ketones is 2. The van der Waals surface area contributed by atoms with Gasteiger partial charge in [0.25, 0.3) is 0 Å². The summed E-state index contributed by atoms with van der Waals surface area (Å²) in [5.41, 5.74) is 1.15. The minimum atomic E-state index is -1.21. The lowest BCUT2D eigenvalue weighted by atomic mass is 9.79. The zero-order valence-electron chi connectivity index (χ0n) is 18.4. The monoisotopic (exact) mass is 436 g/mol. The van der Waals surface area contributed by atoms with Crippen molar-refractivity contribution in [2.24, 2.45) is 11.8 Å². The van der Waals surface area contributed by atoms with Crippen LogP contribution in [0.5, 0.6) is 0 Å². The predicted molar refractivity (Wildman–Crippen MR) is 120 cm³/mol. The van der Waals surface area contributed by atoms with E-state index in [1.807, 2.05) is 0 Å². The quantitative estimate of drug-likeness (QED) is 0.511. The Hall–Kier alpha value is -3.28. The molecule has 2 N–H and O–H groups in total. The molecule has 0 unspecified atom stereocenters. The van der Waals surface area contributed by atoms with Gasteiger partial charge in [0.05, 0.1) is 11.1 Å². The van der Waals surface area contributed by atoms with E-state index < -0.39 is 11.9 Å². The Morgan fingerprint density at radius 3 is 1.81 bits per heavy atom. The largest absolute Gasteiger partial charge is 0.478 e. The number of hydrogen-bond donors (Lipinski definition) is 2. The SMILES string of the molecule is CCC(=O)c1ccc(-c2ccc(C(=O)O)c(C(=O)CC3CCC(C)CC3)c2)cc1C(=O)O. The van der Waals surface area contributed by atoms with E-state index >= 15 is 0 Å². The van der Waals surface area contributed by atoms with Gasteiger partial charge < -0.3 is 10.2 Å². The summed E-state index contributed by atoms with van der Waals surface area (Å²) >= 11 is 0. The first-order valence-electron chi connectivity index (χ1n) is 11.0. The molecule has 0 atom stereocenters. The Balaban J connectivity index is 1.97. The molecule has 6 heteroatoms. The van der Waals surface area contributed by atoms with Crippen LogP contribution in [0.1, 0.15) is 93.8 Å². The molecule has 1 aliphatic carbocycles. The Bertz CT molecular complexity index is 1060. The number of benzene rings is 2. The van der Waals surface area contributed by atoms with E-state index in [1.165, 1.54) is 24.3 Å². The molecule has 0 heterocycles. The van der Waals surface area contributed by atoms with Gasteiger partial charge in [-0.25, -0.2) is 9.59 Å². The first-order valence-corrected chi connectivity index (χ1v) is 11.0. The van der Waals surface area contributed by atoms with Crippen molar-refractivity contribution in [3.63, 3.8) is 0 Å². The van der Waals surface area contributed by atoms with Crippen molar-refractivity contribution < 1.29 is 29.4 Å². The lowest BCUT2D eigenvalue weighted by Gasteiger charge is -2.25. The zero-order chi connectivity index (χ0) is 23.4. The second kappa shape index (κ2) is 9.90. The minimum Gasteiger partial charge on any atom is -0.478 e. The Kier molecular flexibility index (Phi) is 7.23. The van der Waals surface area contributed by atoms with Crippen LogP contribution in [0.25, 0.3) is 11.1 Å². The summed E-state index contributed by atoms with van der Waals surface area (Å²) in [6, 6.07) is 8.98. The molecule has 0 aromatic heterocycles. The number of aromatic carboxylic acids is 2. The lowest BCUT2D eigenvalue weighted by molar-refractivity contribution is 0.0683. The van der Waals surface area contributed by atoms with E-state index in [2.05, 4.69) is 6.92 Å². The molecule has 2 aromatic carbocycles. The van der Waals surface area contributed by atoms with Crippen LogP contribution in [0.4, 0.5) is 0 Å². The van der Waals surface area contributed by atoms with Gasteiger partial charge in [-0.2, -0.15) is 0 Å². The molecule has 0 aliphatic heterocycles. The van der Waals surface area contributed by atoms with Crippen LogP contribution in [-0.4, -0.2) is 33.7 Å².